The van der Waals surface area contributed by atoms with Crippen molar-refractivity contribution in [2.45, 2.75) is 18.4 Å². The van der Waals surface area contributed by atoms with E-state index in [9.17, 15) is 8.42 Å². The molecule has 8 heteroatoms. The minimum absolute atomic E-state index is 0.0565. The molecule has 6 nitrogen and oxygen atoms in total. The van der Waals surface area contributed by atoms with Crippen molar-refractivity contribution in [1.82, 2.24) is 10.2 Å². The maximum Gasteiger partial charge on any atom is 0.265 e. The Balaban J connectivity index is 2.37. The Morgan fingerprint density at radius 2 is 2.00 bits per heavy atom. The first kappa shape index (κ1) is 14.0. The Bertz CT molecular complexity index is 679. The second-order valence-electron chi connectivity index (χ2n) is 3.94. The first-order valence-corrected chi connectivity index (χ1v) is 7.74. The molecule has 0 aliphatic carbocycles. The van der Waals surface area contributed by atoms with Crippen molar-refractivity contribution in [3.05, 3.63) is 40.1 Å². The number of sulfonamides is 1. The van der Waals surface area contributed by atoms with Gasteiger partial charge in [-0.1, -0.05) is 15.9 Å². The van der Waals surface area contributed by atoms with Gasteiger partial charge in [-0.15, -0.1) is 0 Å². The molecule has 0 bridgehead atoms. The van der Waals surface area contributed by atoms with Gasteiger partial charge in [0.1, 0.15) is 4.90 Å². The fourth-order valence-corrected chi connectivity index (χ4v) is 3.39. The van der Waals surface area contributed by atoms with Crippen molar-refractivity contribution < 1.29 is 8.42 Å². The fourth-order valence-electron chi connectivity index (χ4n) is 1.69. The molecule has 0 unspecified atom stereocenters. The van der Waals surface area contributed by atoms with Gasteiger partial charge in [0.2, 0.25) is 0 Å². The standard InChI is InChI=1S/C11H13BrN4O2S/c1-7-11(10(6-13)15-14-7)19(17,18)16-9-4-2-8(12)3-5-9/h2-5,16H,6,13H2,1H3,(H,14,15). The van der Waals surface area contributed by atoms with Crippen molar-refractivity contribution in [3.8, 4) is 0 Å². The molecule has 0 spiro atoms. The summed E-state index contributed by atoms with van der Waals surface area (Å²) in [4.78, 5) is 0.109. The summed E-state index contributed by atoms with van der Waals surface area (Å²) >= 11 is 3.29. The highest BCUT2D eigenvalue weighted by atomic mass is 79.9. The summed E-state index contributed by atoms with van der Waals surface area (Å²) in [5, 5.41) is 6.51. The number of nitrogens with zero attached hydrogens (tertiary/aromatic N) is 1. The van der Waals surface area contributed by atoms with Gasteiger partial charge in [-0.05, 0) is 31.2 Å². The highest BCUT2D eigenvalue weighted by molar-refractivity contribution is 9.10. The van der Waals surface area contributed by atoms with E-state index in [0.717, 1.165) is 4.47 Å². The Morgan fingerprint density at radius 1 is 1.37 bits per heavy atom. The lowest BCUT2D eigenvalue weighted by Crippen LogP contribution is -2.16. The van der Waals surface area contributed by atoms with E-state index in [-0.39, 0.29) is 11.4 Å². The van der Waals surface area contributed by atoms with Gasteiger partial charge in [0.05, 0.1) is 11.4 Å². The van der Waals surface area contributed by atoms with Crippen molar-refractivity contribution in [1.29, 1.82) is 0 Å². The van der Waals surface area contributed by atoms with Crippen LogP contribution in [0.15, 0.2) is 33.6 Å². The highest BCUT2D eigenvalue weighted by Gasteiger charge is 2.23. The molecule has 1 aromatic heterocycles. The predicted octanol–water partition coefficient (Wildman–Crippen LogP) is 1.74. The zero-order valence-electron chi connectivity index (χ0n) is 10.1. The van der Waals surface area contributed by atoms with Gasteiger partial charge in [0, 0.05) is 16.7 Å². The number of hydrogen-bond acceptors (Lipinski definition) is 4. The molecule has 0 aliphatic heterocycles. The molecule has 1 heterocycles. The van der Waals surface area contributed by atoms with Crippen LogP contribution in [0.1, 0.15) is 11.4 Å². The summed E-state index contributed by atoms with van der Waals surface area (Å²) in [7, 11) is -3.70. The zero-order valence-corrected chi connectivity index (χ0v) is 12.5. The van der Waals surface area contributed by atoms with Crippen LogP contribution in [0, 0.1) is 6.92 Å². The van der Waals surface area contributed by atoms with Crippen molar-refractivity contribution in [2.24, 2.45) is 5.73 Å². The first-order valence-electron chi connectivity index (χ1n) is 5.46. The van der Waals surface area contributed by atoms with Gasteiger partial charge in [-0.25, -0.2) is 8.42 Å². The number of aromatic amines is 1. The van der Waals surface area contributed by atoms with E-state index < -0.39 is 10.0 Å². The zero-order chi connectivity index (χ0) is 14.0. The smallest absolute Gasteiger partial charge is 0.265 e. The van der Waals surface area contributed by atoms with Gasteiger partial charge in [-0.2, -0.15) is 5.10 Å². The average molecular weight is 345 g/mol. The number of aryl methyl sites for hydroxylation is 1. The van der Waals surface area contributed by atoms with Gasteiger partial charge < -0.3 is 5.73 Å². The molecule has 102 valence electrons. The summed E-state index contributed by atoms with van der Waals surface area (Å²) < 4.78 is 28.0. The maximum absolute atomic E-state index is 12.3. The molecule has 19 heavy (non-hydrogen) atoms. The van der Waals surface area contributed by atoms with Crippen LogP contribution >= 0.6 is 15.9 Å². The molecular formula is C11H13BrN4O2S. The van der Waals surface area contributed by atoms with Crippen LogP contribution in [0.5, 0.6) is 0 Å². The summed E-state index contributed by atoms with van der Waals surface area (Å²) in [5.74, 6) is 0. The van der Waals surface area contributed by atoms with E-state index in [1.165, 1.54) is 0 Å². The Morgan fingerprint density at radius 3 is 2.58 bits per heavy atom. The van der Waals surface area contributed by atoms with Gasteiger partial charge in [0.15, 0.2) is 0 Å². The van der Waals surface area contributed by atoms with Crippen LogP contribution in [0.4, 0.5) is 5.69 Å². The van der Waals surface area contributed by atoms with Crippen LogP contribution in [0.25, 0.3) is 0 Å². The van der Waals surface area contributed by atoms with Crippen LogP contribution in [-0.2, 0) is 16.6 Å². The second-order valence-corrected chi connectivity index (χ2v) is 6.48. The molecule has 0 fully saturated rings. The third kappa shape index (κ3) is 2.96. The minimum Gasteiger partial charge on any atom is -0.325 e. The van der Waals surface area contributed by atoms with E-state index in [0.29, 0.717) is 17.1 Å². The van der Waals surface area contributed by atoms with Crippen LogP contribution < -0.4 is 10.5 Å². The highest BCUT2D eigenvalue weighted by Crippen LogP contribution is 2.22. The number of anilines is 1. The lowest BCUT2D eigenvalue weighted by molar-refractivity contribution is 0.599. The number of H-pyrrole nitrogens is 1. The lowest BCUT2D eigenvalue weighted by atomic mass is 10.3. The number of hydrogen-bond donors (Lipinski definition) is 3. The van der Waals surface area contributed by atoms with Crippen LogP contribution in [0.3, 0.4) is 0 Å². The van der Waals surface area contributed by atoms with Crippen LogP contribution in [0.2, 0.25) is 0 Å². The van der Waals surface area contributed by atoms with E-state index in [2.05, 4.69) is 30.8 Å². The third-order valence-electron chi connectivity index (χ3n) is 2.52. The molecule has 0 atom stereocenters. The summed E-state index contributed by atoms with van der Waals surface area (Å²) in [6.07, 6.45) is 0. The summed E-state index contributed by atoms with van der Waals surface area (Å²) in [5.41, 5.74) is 6.76. The molecule has 0 radical (unpaired) electrons. The van der Waals surface area contributed by atoms with E-state index >= 15 is 0 Å². The van der Waals surface area contributed by atoms with E-state index in [4.69, 9.17) is 5.73 Å². The Hall–Kier alpha value is -1.38. The molecule has 0 saturated heterocycles. The minimum atomic E-state index is -3.70. The van der Waals surface area contributed by atoms with E-state index in [1.807, 2.05) is 0 Å². The molecule has 0 aliphatic rings. The molecule has 2 aromatic rings. The normalized spacial score (nSPS) is 11.5. The van der Waals surface area contributed by atoms with Crippen LogP contribution in [-0.4, -0.2) is 18.6 Å². The number of rotatable bonds is 4. The topological polar surface area (TPSA) is 101 Å². The second kappa shape index (κ2) is 5.32. The first-order chi connectivity index (χ1) is 8.94. The number of aromatic nitrogens is 2. The Kier molecular flexibility index (Phi) is 3.93. The Labute approximate surface area is 119 Å². The molecule has 4 N–H and O–H groups in total. The van der Waals surface area contributed by atoms with Crippen molar-refractivity contribution in [3.63, 3.8) is 0 Å². The molecular weight excluding hydrogens is 332 g/mol. The number of benzene rings is 1. The lowest BCUT2D eigenvalue weighted by Gasteiger charge is -2.08. The summed E-state index contributed by atoms with van der Waals surface area (Å²) in [6.45, 7) is 1.70. The SMILES string of the molecule is Cc1[nH]nc(CN)c1S(=O)(=O)Nc1ccc(Br)cc1. The van der Waals surface area contributed by atoms with Crippen molar-refractivity contribution in [2.75, 3.05) is 4.72 Å². The van der Waals surface area contributed by atoms with Gasteiger partial charge >= 0.3 is 0 Å². The molecule has 0 amide bonds. The van der Waals surface area contributed by atoms with Crippen molar-refractivity contribution >= 4 is 31.6 Å². The largest absolute Gasteiger partial charge is 0.325 e. The fraction of sp³-hybridized carbons (Fsp3) is 0.182. The monoisotopic (exact) mass is 344 g/mol. The molecule has 0 saturated carbocycles. The summed E-state index contributed by atoms with van der Waals surface area (Å²) in [6, 6.07) is 6.84. The molecule has 2 rings (SSSR count). The third-order valence-corrected chi connectivity index (χ3v) is 4.63. The quantitative estimate of drug-likeness (QED) is 0.786. The average Bonchev–Trinajstić information content (AvgIpc) is 2.74. The maximum atomic E-state index is 12.3. The van der Waals surface area contributed by atoms with Gasteiger partial charge in [0.25, 0.3) is 10.0 Å². The number of nitrogens with two attached hydrogens (primary N) is 1. The number of nitrogens with one attached hydrogen (secondary N) is 2. The van der Waals surface area contributed by atoms with Gasteiger partial charge in [-0.3, -0.25) is 9.82 Å². The number of halogens is 1. The predicted molar refractivity (Wildman–Crippen MR) is 76.2 cm³/mol. The van der Waals surface area contributed by atoms with E-state index in [1.54, 1.807) is 31.2 Å². The molecule has 1 aromatic carbocycles.